The van der Waals surface area contributed by atoms with Crippen LogP contribution in [-0.4, -0.2) is 24.7 Å². The van der Waals surface area contributed by atoms with Gasteiger partial charge in [-0.15, -0.1) is 24.0 Å². The van der Waals surface area contributed by atoms with E-state index in [9.17, 15) is 5.11 Å². The highest BCUT2D eigenvalue weighted by Gasteiger charge is 2.13. The van der Waals surface area contributed by atoms with Crippen LogP contribution in [0.3, 0.4) is 0 Å². The van der Waals surface area contributed by atoms with Gasteiger partial charge in [0.1, 0.15) is 11.5 Å². The van der Waals surface area contributed by atoms with E-state index in [1.165, 1.54) is 5.56 Å². The molecule has 0 amide bonds. The SMILES string of the molecule is CCNC(=NCc1ccc(O)cc1)NC(C)c1cc(C)ccc1OC.I. The van der Waals surface area contributed by atoms with Crippen molar-refractivity contribution >= 4 is 29.9 Å². The van der Waals surface area contributed by atoms with Gasteiger partial charge < -0.3 is 20.5 Å². The van der Waals surface area contributed by atoms with E-state index in [0.717, 1.165) is 29.4 Å². The predicted octanol–water partition coefficient (Wildman–Crippen LogP) is 4.14. The lowest BCUT2D eigenvalue weighted by molar-refractivity contribution is 0.405. The molecule has 6 heteroatoms. The number of guanidine groups is 1. The van der Waals surface area contributed by atoms with E-state index in [1.54, 1.807) is 19.2 Å². The molecule has 2 rings (SSSR count). The smallest absolute Gasteiger partial charge is 0.192 e. The number of methoxy groups -OCH3 is 1. The fourth-order valence-electron chi connectivity index (χ4n) is 2.57. The Morgan fingerprint density at radius 3 is 2.50 bits per heavy atom. The maximum atomic E-state index is 9.36. The van der Waals surface area contributed by atoms with E-state index in [1.807, 2.05) is 31.2 Å². The van der Waals surface area contributed by atoms with Crippen LogP contribution in [0.15, 0.2) is 47.5 Å². The van der Waals surface area contributed by atoms with Gasteiger partial charge in [-0.25, -0.2) is 4.99 Å². The van der Waals surface area contributed by atoms with Crippen molar-refractivity contribution in [2.24, 2.45) is 4.99 Å². The van der Waals surface area contributed by atoms with Crippen molar-refractivity contribution < 1.29 is 9.84 Å². The number of benzene rings is 2. The summed E-state index contributed by atoms with van der Waals surface area (Å²) in [5, 5.41) is 16.1. The Balaban J connectivity index is 0.00000338. The van der Waals surface area contributed by atoms with Gasteiger partial charge in [-0.1, -0.05) is 29.8 Å². The van der Waals surface area contributed by atoms with Crippen LogP contribution < -0.4 is 15.4 Å². The molecule has 1 atom stereocenters. The highest BCUT2D eigenvalue weighted by Crippen LogP contribution is 2.26. The quantitative estimate of drug-likeness (QED) is 0.338. The first-order chi connectivity index (χ1) is 12.0. The molecule has 0 saturated carbocycles. The Morgan fingerprint density at radius 2 is 1.88 bits per heavy atom. The van der Waals surface area contributed by atoms with Gasteiger partial charge >= 0.3 is 0 Å². The number of hydrogen-bond acceptors (Lipinski definition) is 3. The standard InChI is InChI=1S/C20H27N3O2.HI/c1-5-21-20(22-13-16-7-9-17(24)10-8-16)23-15(3)18-12-14(2)6-11-19(18)25-4;/h6-12,15,24H,5,13H2,1-4H3,(H2,21,22,23);1H. The number of phenolic OH excluding ortho intramolecular Hbond substituents is 1. The number of rotatable bonds is 6. The van der Waals surface area contributed by atoms with Gasteiger partial charge in [-0.05, 0) is 44.5 Å². The van der Waals surface area contributed by atoms with Crippen molar-refractivity contribution in [1.82, 2.24) is 10.6 Å². The molecule has 142 valence electrons. The molecule has 0 spiro atoms. The van der Waals surface area contributed by atoms with Crippen LogP contribution in [0.25, 0.3) is 0 Å². The van der Waals surface area contributed by atoms with Crippen molar-refractivity contribution in [3.05, 3.63) is 59.2 Å². The van der Waals surface area contributed by atoms with Gasteiger partial charge in [0.25, 0.3) is 0 Å². The van der Waals surface area contributed by atoms with Crippen molar-refractivity contribution in [2.45, 2.75) is 33.4 Å². The van der Waals surface area contributed by atoms with Crippen LogP contribution in [0, 0.1) is 6.92 Å². The third kappa shape index (κ3) is 6.40. The molecule has 5 nitrogen and oxygen atoms in total. The zero-order valence-electron chi connectivity index (χ0n) is 15.7. The lowest BCUT2D eigenvalue weighted by Gasteiger charge is -2.20. The highest BCUT2D eigenvalue weighted by atomic mass is 127. The topological polar surface area (TPSA) is 65.9 Å². The molecule has 2 aromatic rings. The Bertz CT molecular complexity index is 717. The van der Waals surface area contributed by atoms with Gasteiger partial charge in [0.2, 0.25) is 0 Å². The zero-order valence-corrected chi connectivity index (χ0v) is 18.1. The predicted molar refractivity (Wildman–Crippen MR) is 118 cm³/mol. The first-order valence-electron chi connectivity index (χ1n) is 8.50. The molecule has 0 saturated heterocycles. The molecule has 0 aliphatic heterocycles. The van der Waals surface area contributed by atoms with Crippen LogP contribution in [0.2, 0.25) is 0 Å². The van der Waals surface area contributed by atoms with Crippen LogP contribution in [-0.2, 0) is 6.54 Å². The number of nitrogens with zero attached hydrogens (tertiary/aromatic N) is 1. The number of ether oxygens (including phenoxy) is 1. The van der Waals surface area contributed by atoms with Crippen LogP contribution in [0.4, 0.5) is 0 Å². The molecular weight excluding hydrogens is 441 g/mol. The molecule has 3 N–H and O–H groups in total. The Labute approximate surface area is 172 Å². The molecule has 1 unspecified atom stereocenters. The molecule has 2 aromatic carbocycles. The van der Waals surface area contributed by atoms with Crippen LogP contribution in [0.5, 0.6) is 11.5 Å². The minimum absolute atomic E-state index is 0. The van der Waals surface area contributed by atoms with E-state index in [2.05, 4.69) is 35.5 Å². The van der Waals surface area contributed by atoms with Gasteiger partial charge in [-0.2, -0.15) is 0 Å². The summed E-state index contributed by atoms with van der Waals surface area (Å²) in [6, 6.07) is 13.3. The van der Waals surface area contributed by atoms with Crippen molar-refractivity contribution in [3.8, 4) is 11.5 Å². The average Bonchev–Trinajstić information content (AvgIpc) is 2.61. The summed E-state index contributed by atoms with van der Waals surface area (Å²) in [4.78, 5) is 4.63. The fraction of sp³-hybridized carbons (Fsp3) is 0.350. The van der Waals surface area contributed by atoms with E-state index in [-0.39, 0.29) is 35.8 Å². The largest absolute Gasteiger partial charge is 0.508 e. The van der Waals surface area contributed by atoms with Gasteiger partial charge in [0, 0.05) is 12.1 Å². The zero-order chi connectivity index (χ0) is 18.2. The summed E-state index contributed by atoms with van der Waals surface area (Å²) in [6.45, 7) is 7.51. The van der Waals surface area contributed by atoms with E-state index >= 15 is 0 Å². The first kappa shape index (κ1) is 22.1. The number of hydrogen-bond donors (Lipinski definition) is 3. The molecule has 0 heterocycles. The fourth-order valence-corrected chi connectivity index (χ4v) is 2.57. The number of aliphatic imine (C=N–C) groups is 1. The third-order valence-corrected chi connectivity index (χ3v) is 3.91. The second kappa shape index (κ2) is 10.9. The Kier molecular flexibility index (Phi) is 9.26. The number of aryl methyl sites for hydroxylation is 1. The maximum absolute atomic E-state index is 9.36. The Morgan fingerprint density at radius 1 is 1.19 bits per heavy atom. The van der Waals surface area contributed by atoms with Crippen LogP contribution >= 0.6 is 24.0 Å². The lowest BCUT2D eigenvalue weighted by atomic mass is 10.0. The average molecular weight is 469 g/mol. The summed E-state index contributed by atoms with van der Waals surface area (Å²) in [7, 11) is 1.69. The number of halogens is 1. The number of phenols is 1. The minimum Gasteiger partial charge on any atom is -0.508 e. The van der Waals surface area contributed by atoms with Gasteiger partial charge in [0.15, 0.2) is 5.96 Å². The summed E-state index contributed by atoms with van der Waals surface area (Å²) >= 11 is 0. The molecule has 0 aliphatic rings. The second-order valence-electron chi connectivity index (χ2n) is 5.97. The monoisotopic (exact) mass is 469 g/mol. The third-order valence-electron chi connectivity index (χ3n) is 3.91. The van der Waals surface area contributed by atoms with Gasteiger partial charge in [0.05, 0.1) is 19.7 Å². The lowest BCUT2D eigenvalue weighted by Crippen LogP contribution is -2.38. The molecule has 26 heavy (non-hydrogen) atoms. The normalized spacial score (nSPS) is 12.1. The summed E-state index contributed by atoms with van der Waals surface area (Å²) in [5.74, 6) is 1.87. The molecular formula is C20H28IN3O2. The van der Waals surface area contributed by atoms with E-state index < -0.39 is 0 Å². The van der Waals surface area contributed by atoms with E-state index in [0.29, 0.717) is 6.54 Å². The number of aromatic hydroxyl groups is 1. The van der Waals surface area contributed by atoms with Crippen molar-refractivity contribution in [1.29, 1.82) is 0 Å². The Hall–Kier alpha value is -1.96. The molecule has 0 aliphatic carbocycles. The van der Waals surface area contributed by atoms with Gasteiger partial charge in [-0.3, -0.25) is 0 Å². The van der Waals surface area contributed by atoms with Crippen molar-refractivity contribution in [2.75, 3.05) is 13.7 Å². The highest BCUT2D eigenvalue weighted by molar-refractivity contribution is 14.0. The summed E-state index contributed by atoms with van der Waals surface area (Å²) in [5.41, 5.74) is 3.32. The second-order valence-corrected chi connectivity index (χ2v) is 5.97. The summed E-state index contributed by atoms with van der Waals surface area (Å²) < 4.78 is 5.48. The van der Waals surface area contributed by atoms with E-state index in [4.69, 9.17) is 4.74 Å². The molecule has 0 bridgehead atoms. The maximum Gasteiger partial charge on any atom is 0.192 e. The summed E-state index contributed by atoms with van der Waals surface area (Å²) in [6.07, 6.45) is 0. The number of nitrogens with one attached hydrogen (secondary N) is 2. The van der Waals surface area contributed by atoms with Crippen LogP contribution in [0.1, 0.15) is 36.6 Å². The first-order valence-corrected chi connectivity index (χ1v) is 8.50. The molecule has 0 fully saturated rings. The van der Waals surface area contributed by atoms with Crippen molar-refractivity contribution in [3.63, 3.8) is 0 Å². The molecule has 0 radical (unpaired) electrons. The minimum atomic E-state index is 0. The molecule has 0 aromatic heterocycles.